The number of anilines is 1. The molecule has 0 N–H and O–H groups in total. The molecule has 2 aromatic carbocycles. The normalized spacial score (nSPS) is 13.7. The Morgan fingerprint density at radius 3 is 2.17 bits per heavy atom. The molecule has 0 bridgehead atoms. The Bertz CT molecular complexity index is 851. The Morgan fingerprint density at radius 2 is 1.53 bits per heavy atom. The molecular formula is C22H25FN2O5. The number of carbonyl (C=O) groups is 2. The number of nitrogens with zero attached hydrogens (tertiary/aromatic N) is 2. The lowest BCUT2D eigenvalue weighted by Gasteiger charge is -2.36. The number of halogens is 1. The van der Waals surface area contributed by atoms with Gasteiger partial charge in [0.25, 0.3) is 5.91 Å². The largest absolute Gasteiger partial charge is 0.494 e. The number of hydrogen-bond donors (Lipinski definition) is 0. The van der Waals surface area contributed by atoms with Crippen LogP contribution in [0.2, 0.25) is 0 Å². The van der Waals surface area contributed by atoms with Crippen molar-refractivity contribution in [1.82, 2.24) is 4.90 Å². The monoisotopic (exact) mass is 416 g/mol. The highest BCUT2D eigenvalue weighted by atomic mass is 19.1. The van der Waals surface area contributed by atoms with Crippen LogP contribution >= 0.6 is 0 Å². The van der Waals surface area contributed by atoms with Crippen LogP contribution in [0.4, 0.5) is 10.1 Å². The molecule has 3 rings (SSSR count). The third-order valence-corrected chi connectivity index (χ3v) is 4.67. The van der Waals surface area contributed by atoms with E-state index in [2.05, 4.69) is 0 Å². The van der Waals surface area contributed by atoms with Crippen molar-refractivity contribution in [3.63, 3.8) is 0 Å². The van der Waals surface area contributed by atoms with Crippen molar-refractivity contribution < 1.29 is 28.2 Å². The highest BCUT2D eigenvalue weighted by Gasteiger charge is 2.23. The average molecular weight is 416 g/mol. The molecule has 7 nitrogen and oxygen atoms in total. The first-order valence-electron chi connectivity index (χ1n) is 9.85. The van der Waals surface area contributed by atoms with E-state index in [1.807, 2.05) is 11.8 Å². The smallest absolute Gasteiger partial charge is 0.344 e. The van der Waals surface area contributed by atoms with Gasteiger partial charge in [0.1, 0.15) is 17.3 Å². The van der Waals surface area contributed by atoms with Gasteiger partial charge in [-0.15, -0.1) is 0 Å². The lowest BCUT2D eigenvalue weighted by molar-refractivity contribution is -0.153. The summed E-state index contributed by atoms with van der Waals surface area (Å²) < 4.78 is 29.6. The first-order chi connectivity index (χ1) is 14.6. The van der Waals surface area contributed by atoms with Crippen molar-refractivity contribution in [3.8, 4) is 11.5 Å². The number of ether oxygens (including phenoxy) is 3. The standard InChI is InChI=1S/C22H25FN2O5/c1-2-28-17-7-9-18(10-8-17)29-16-22(27)30-15-21(26)25-13-11-24(12-14-25)20-6-4-3-5-19(20)23/h3-10H,2,11-16H2,1H3. The molecule has 0 radical (unpaired) electrons. The van der Waals surface area contributed by atoms with Crippen molar-refractivity contribution in [1.29, 1.82) is 0 Å². The molecule has 160 valence electrons. The van der Waals surface area contributed by atoms with E-state index in [1.54, 1.807) is 47.4 Å². The van der Waals surface area contributed by atoms with Crippen LogP contribution in [0.1, 0.15) is 6.92 Å². The van der Waals surface area contributed by atoms with Crippen LogP contribution in [-0.4, -0.2) is 62.8 Å². The Morgan fingerprint density at radius 1 is 0.900 bits per heavy atom. The molecule has 8 heteroatoms. The maximum absolute atomic E-state index is 13.9. The van der Waals surface area contributed by atoms with Gasteiger partial charge in [-0.25, -0.2) is 9.18 Å². The van der Waals surface area contributed by atoms with Crippen LogP contribution in [0.15, 0.2) is 48.5 Å². The minimum atomic E-state index is -0.623. The van der Waals surface area contributed by atoms with Gasteiger partial charge < -0.3 is 24.0 Å². The number of hydrogen-bond acceptors (Lipinski definition) is 6. The first-order valence-corrected chi connectivity index (χ1v) is 9.85. The molecule has 0 unspecified atom stereocenters. The maximum atomic E-state index is 13.9. The van der Waals surface area contributed by atoms with Gasteiger partial charge in [0.05, 0.1) is 12.3 Å². The van der Waals surface area contributed by atoms with E-state index in [0.29, 0.717) is 50.0 Å². The van der Waals surface area contributed by atoms with Crippen LogP contribution < -0.4 is 14.4 Å². The summed E-state index contributed by atoms with van der Waals surface area (Å²) in [6, 6.07) is 13.4. The minimum absolute atomic E-state index is 0.279. The second-order valence-corrected chi connectivity index (χ2v) is 6.67. The third kappa shape index (κ3) is 5.85. The molecule has 1 fully saturated rings. The van der Waals surface area contributed by atoms with Gasteiger partial charge in [-0.2, -0.15) is 0 Å². The van der Waals surface area contributed by atoms with Crippen molar-refractivity contribution in [3.05, 3.63) is 54.3 Å². The molecule has 0 aromatic heterocycles. The topological polar surface area (TPSA) is 68.3 Å². The van der Waals surface area contributed by atoms with Crippen LogP contribution in [0.5, 0.6) is 11.5 Å². The highest BCUT2D eigenvalue weighted by molar-refractivity contribution is 5.81. The molecule has 1 aliphatic rings. The number of esters is 1. The number of amides is 1. The summed E-state index contributed by atoms with van der Waals surface area (Å²) in [5.41, 5.74) is 0.530. The number of benzene rings is 2. The van der Waals surface area contributed by atoms with E-state index in [-0.39, 0.29) is 24.9 Å². The number of para-hydroxylation sites is 1. The maximum Gasteiger partial charge on any atom is 0.344 e. The van der Waals surface area contributed by atoms with Gasteiger partial charge >= 0.3 is 5.97 Å². The van der Waals surface area contributed by atoms with Crippen molar-refractivity contribution in [2.24, 2.45) is 0 Å². The summed E-state index contributed by atoms with van der Waals surface area (Å²) >= 11 is 0. The van der Waals surface area contributed by atoms with Crippen LogP contribution in [-0.2, 0) is 14.3 Å². The number of carbonyl (C=O) groups excluding carboxylic acids is 2. The van der Waals surface area contributed by atoms with Gasteiger partial charge in [-0.05, 0) is 43.3 Å². The molecule has 0 spiro atoms. The molecule has 0 atom stereocenters. The second kappa shape index (κ2) is 10.5. The summed E-state index contributed by atoms with van der Waals surface area (Å²) in [6.45, 7) is 3.74. The Hall–Kier alpha value is -3.29. The SMILES string of the molecule is CCOc1ccc(OCC(=O)OCC(=O)N2CCN(c3ccccc3F)CC2)cc1. The van der Waals surface area contributed by atoms with E-state index in [9.17, 15) is 14.0 Å². The number of piperazine rings is 1. The molecule has 1 saturated heterocycles. The number of rotatable bonds is 8. The lowest BCUT2D eigenvalue weighted by Crippen LogP contribution is -2.50. The molecule has 1 amide bonds. The predicted octanol–water partition coefficient (Wildman–Crippen LogP) is 2.50. The fourth-order valence-corrected chi connectivity index (χ4v) is 3.12. The van der Waals surface area contributed by atoms with Crippen LogP contribution in [0.3, 0.4) is 0 Å². The van der Waals surface area contributed by atoms with Gasteiger partial charge in [-0.3, -0.25) is 4.79 Å². The fraction of sp³-hybridized carbons (Fsp3) is 0.364. The predicted molar refractivity (Wildman–Crippen MR) is 109 cm³/mol. The zero-order valence-electron chi connectivity index (χ0n) is 16.9. The van der Waals surface area contributed by atoms with Gasteiger partial charge in [0.15, 0.2) is 13.2 Å². The van der Waals surface area contributed by atoms with E-state index in [1.165, 1.54) is 6.07 Å². The quantitative estimate of drug-likeness (QED) is 0.616. The van der Waals surface area contributed by atoms with E-state index >= 15 is 0 Å². The van der Waals surface area contributed by atoms with Gasteiger partial charge in [0.2, 0.25) is 0 Å². The Labute approximate surface area is 174 Å². The fourth-order valence-electron chi connectivity index (χ4n) is 3.12. The van der Waals surface area contributed by atoms with E-state index in [0.717, 1.165) is 0 Å². The Balaban J connectivity index is 1.37. The van der Waals surface area contributed by atoms with Gasteiger partial charge in [-0.1, -0.05) is 12.1 Å². The second-order valence-electron chi connectivity index (χ2n) is 6.67. The van der Waals surface area contributed by atoms with Crippen molar-refractivity contribution in [2.45, 2.75) is 6.92 Å². The highest BCUT2D eigenvalue weighted by Crippen LogP contribution is 2.20. The van der Waals surface area contributed by atoms with Crippen molar-refractivity contribution >= 4 is 17.6 Å². The molecule has 1 heterocycles. The summed E-state index contributed by atoms with van der Waals surface area (Å²) in [5.74, 6) is 0.0395. The van der Waals surface area contributed by atoms with Crippen LogP contribution in [0, 0.1) is 5.82 Å². The molecule has 0 aliphatic carbocycles. The molecular weight excluding hydrogens is 391 g/mol. The summed E-state index contributed by atoms with van der Waals surface area (Å²) in [7, 11) is 0. The Kier molecular flexibility index (Phi) is 7.48. The first kappa shape index (κ1) is 21.4. The zero-order valence-corrected chi connectivity index (χ0v) is 16.9. The van der Waals surface area contributed by atoms with Gasteiger partial charge in [0, 0.05) is 26.2 Å². The summed E-state index contributed by atoms with van der Waals surface area (Å²) in [5, 5.41) is 0. The third-order valence-electron chi connectivity index (χ3n) is 4.67. The van der Waals surface area contributed by atoms with E-state index in [4.69, 9.17) is 14.2 Å². The lowest BCUT2D eigenvalue weighted by atomic mass is 10.2. The van der Waals surface area contributed by atoms with Crippen molar-refractivity contribution in [2.75, 3.05) is 50.9 Å². The molecule has 0 saturated carbocycles. The summed E-state index contributed by atoms with van der Waals surface area (Å²) in [6.07, 6.45) is 0. The average Bonchev–Trinajstić information content (AvgIpc) is 2.77. The molecule has 2 aromatic rings. The minimum Gasteiger partial charge on any atom is -0.494 e. The van der Waals surface area contributed by atoms with Crippen LogP contribution in [0.25, 0.3) is 0 Å². The molecule has 1 aliphatic heterocycles. The molecule has 30 heavy (non-hydrogen) atoms. The summed E-state index contributed by atoms with van der Waals surface area (Å²) in [4.78, 5) is 27.7. The van der Waals surface area contributed by atoms with E-state index < -0.39 is 5.97 Å². The zero-order chi connectivity index (χ0) is 21.3.